The highest BCUT2D eigenvalue weighted by atomic mass is 35.5. The van der Waals surface area contributed by atoms with Gasteiger partial charge in [0.05, 0.1) is 22.8 Å². The number of rotatable bonds is 7. The van der Waals surface area contributed by atoms with Crippen molar-refractivity contribution < 1.29 is 9.59 Å². The van der Waals surface area contributed by atoms with E-state index in [-0.39, 0.29) is 18.2 Å². The first-order valence-electron chi connectivity index (χ1n) is 9.47. The van der Waals surface area contributed by atoms with Crippen LogP contribution >= 0.6 is 23.2 Å². The molecule has 0 aliphatic carbocycles. The van der Waals surface area contributed by atoms with Crippen LogP contribution in [0.2, 0.25) is 10.0 Å². The molecular weight excluding hydrogens is 423 g/mol. The average Bonchev–Trinajstić information content (AvgIpc) is 3.00. The lowest BCUT2D eigenvalue weighted by Gasteiger charge is -2.09. The Morgan fingerprint density at radius 3 is 2.40 bits per heavy atom. The summed E-state index contributed by atoms with van der Waals surface area (Å²) in [5.74, 6) is -0.311. The lowest BCUT2D eigenvalue weighted by molar-refractivity contribution is -0.120. The summed E-state index contributed by atoms with van der Waals surface area (Å²) in [5, 5.41) is 11.2. The van der Waals surface area contributed by atoms with Crippen LogP contribution in [-0.4, -0.2) is 34.7 Å². The number of aromatic nitrogens is 2. The molecule has 3 rings (SSSR count). The van der Waals surface area contributed by atoms with Crippen molar-refractivity contribution in [3.8, 4) is 5.69 Å². The molecule has 3 aromatic rings. The molecule has 0 saturated heterocycles. The molecule has 0 aliphatic rings. The Balaban J connectivity index is 1.57. The third-order valence-corrected chi connectivity index (χ3v) is 5.22. The zero-order valence-electron chi connectivity index (χ0n) is 16.7. The van der Waals surface area contributed by atoms with E-state index in [4.69, 9.17) is 23.2 Å². The Kier molecular flexibility index (Phi) is 7.13. The third kappa shape index (κ3) is 5.20. The maximum absolute atomic E-state index is 12.4. The molecule has 2 N–H and O–H groups in total. The van der Waals surface area contributed by atoms with Gasteiger partial charge in [0.25, 0.3) is 5.91 Å². The van der Waals surface area contributed by atoms with Crippen LogP contribution in [0, 0.1) is 13.8 Å². The SMILES string of the molecule is Cc1nn(-c2ccc(Cl)cc2Cl)c(C)c1CC(=O)NCCNC(=O)c1ccccc1. The molecule has 30 heavy (non-hydrogen) atoms. The Morgan fingerprint density at radius 1 is 1.00 bits per heavy atom. The van der Waals surface area contributed by atoms with Crippen LogP contribution in [0.4, 0.5) is 0 Å². The van der Waals surface area contributed by atoms with E-state index in [1.54, 1.807) is 47.1 Å². The molecule has 0 bridgehead atoms. The van der Waals surface area contributed by atoms with Crippen molar-refractivity contribution in [3.05, 3.63) is 81.1 Å². The minimum absolute atomic E-state index is 0.142. The summed E-state index contributed by atoms with van der Waals surface area (Å²) >= 11 is 12.3. The summed E-state index contributed by atoms with van der Waals surface area (Å²) in [7, 11) is 0. The molecule has 1 aromatic heterocycles. The Labute approximate surface area is 185 Å². The van der Waals surface area contributed by atoms with Gasteiger partial charge in [0, 0.05) is 34.9 Å². The molecule has 0 aliphatic heterocycles. The lowest BCUT2D eigenvalue weighted by atomic mass is 10.1. The molecule has 0 atom stereocenters. The smallest absolute Gasteiger partial charge is 0.251 e. The number of carbonyl (C=O) groups is 2. The molecule has 0 saturated carbocycles. The highest BCUT2D eigenvalue weighted by Gasteiger charge is 2.17. The van der Waals surface area contributed by atoms with Crippen molar-refractivity contribution in [1.29, 1.82) is 0 Å². The fourth-order valence-corrected chi connectivity index (χ4v) is 3.60. The van der Waals surface area contributed by atoms with Gasteiger partial charge in [0.2, 0.25) is 5.91 Å². The first-order chi connectivity index (χ1) is 14.4. The van der Waals surface area contributed by atoms with Gasteiger partial charge in [-0.15, -0.1) is 0 Å². The number of aryl methyl sites for hydroxylation is 1. The van der Waals surface area contributed by atoms with Gasteiger partial charge in [-0.3, -0.25) is 9.59 Å². The van der Waals surface area contributed by atoms with Gasteiger partial charge in [-0.05, 0) is 44.2 Å². The second kappa shape index (κ2) is 9.78. The van der Waals surface area contributed by atoms with E-state index >= 15 is 0 Å². The largest absolute Gasteiger partial charge is 0.354 e. The van der Waals surface area contributed by atoms with Crippen LogP contribution < -0.4 is 10.6 Å². The first kappa shape index (κ1) is 21.9. The van der Waals surface area contributed by atoms with E-state index in [0.29, 0.717) is 34.4 Å². The van der Waals surface area contributed by atoms with Gasteiger partial charge in [-0.1, -0.05) is 41.4 Å². The molecule has 6 nitrogen and oxygen atoms in total. The number of hydrogen-bond acceptors (Lipinski definition) is 3. The predicted molar refractivity (Wildman–Crippen MR) is 119 cm³/mol. The second-order valence-corrected chi connectivity index (χ2v) is 7.65. The highest BCUT2D eigenvalue weighted by Crippen LogP contribution is 2.27. The minimum Gasteiger partial charge on any atom is -0.354 e. The number of halogens is 2. The quantitative estimate of drug-likeness (QED) is 0.542. The van der Waals surface area contributed by atoms with Crippen LogP contribution in [0.25, 0.3) is 5.69 Å². The summed E-state index contributed by atoms with van der Waals surface area (Å²) in [6.07, 6.45) is 0.190. The molecule has 1 heterocycles. The standard InChI is InChI=1S/C22H22Cl2N4O2/c1-14-18(15(2)28(27-14)20-9-8-17(23)12-19(20)24)13-21(29)25-10-11-26-22(30)16-6-4-3-5-7-16/h3-9,12H,10-11,13H2,1-2H3,(H,25,29)(H,26,30). The van der Waals surface area contributed by atoms with Gasteiger partial charge in [-0.2, -0.15) is 5.10 Å². The lowest BCUT2D eigenvalue weighted by Crippen LogP contribution is -2.35. The molecule has 0 unspecified atom stereocenters. The van der Waals surface area contributed by atoms with Crippen LogP contribution in [0.5, 0.6) is 0 Å². The van der Waals surface area contributed by atoms with Gasteiger partial charge in [-0.25, -0.2) is 4.68 Å². The summed E-state index contributed by atoms with van der Waals surface area (Å²) in [5.41, 5.74) is 3.72. The highest BCUT2D eigenvalue weighted by molar-refractivity contribution is 6.35. The predicted octanol–water partition coefficient (Wildman–Crippen LogP) is 3.88. The number of nitrogens with zero attached hydrogens (tertiary/aromatic N) is 2. The van der Waals surface area contributed by atoms with E-state index in [1.807, 2.05) is 19.9 Å². The zero-order chi connectivity index (χ0) is 21.7. The molecule has 2 amide bonds. The van der Waals surface area contributed by atoms with Gasteiger partial charge >= 0.3 is 0 Å². The number of nitrogens with one attached hydrogen (secondary N) is 2. The maximum Gasteiger partial charge on any atom is 0.251 e. The van der Waals surface area contributed by atoms with Crippen molar-refractivity contribution in [2.75, 3.05) is 13.1 Å². The van der Waals surface area contributed by atoms with Crippen LogP contribution in [0.3, 0.4) is 0 Å². The summed E-state index contributed by atoms with van der Waals surface area (Å²) < 4.78 is 1.72. The molecule has 0 radical (unpaired) electrons. The number of carbonyl (C=O) groups excluding carboxylic acids is 2. The fourth-order valence-electron chi connectivity index (χ4n) is 3.11. The Hall–Kier alpha value is -2.83. The molecular formula is C22H22Cl2N4O2. The summed E-state index contributed by atoms with van der Waals surface area (Å²) in [6, 6.07) is 14.1. The van der Waals surface area contributed by atoms with Crippen molar-refractivity contribution >= 4 is 35.0 Å². The summed E-state index contributed by atoms with van der Waals surface area (Å²) in [6.45, 7) is 4.44. The monoisotopic (exact) mass is 444 g/mol. The maximum atomic E-state index is 12.4. The van der Waals surface area contributed by atoms with Crippen molar-refractivity contribution in [2.45, 2.75) is 20.3 Å². The number of amides is 2. The Bertz CT molecular complexity index is 1060. The zero-order valence-corrected chi connectivity index (χ0v) is 18.2. The van der Waals surface area contributed by atoms with Gasteiger partial charge in [0.15, 0.2) is 0 Å². The third-order valence-electron chi connectivity index (χ3n) is 4.69. The molecule has 156 valence electrons. The van der Waals surface area contributed by atoms with E-state index in [9.17, 15) is 9.59 Å². The second-order valence-electron chi connectivity index (χ2n) is 6.81. The van der Waals surface area contributed by atoms with E-state index in [1.165, 1.54) is 0 Å². The molecule has 8 heteroatoms. The fraction of sp³-hybridized carbons (Fsp3) is 0.227. The minimum atomic E-state index is -0.169. The van der Waals surface area contributed by atoms with E-state index in [2.05, 4.69) is 15.7 Å². The molecule has 0 spiro atoms. The summed E-state index contributed by atoms with van der Waals surface area (Å²) in [4.78, 5) is 24.4. The van der Waals surface area contributed by atoms with Crippen molar-refractivity contribution in [1.82, 2.24) is 20.4 Å². The van der Waals surface area contributed by atoms with Crippen LogP contribution in [0.15, 0.2) is 48.5 Å². The normalized spacial score (nSPS) is 10.7. The Morgan fingerprint density at radius 2 is 1.70 bits per heavy atom. The molecule has 2 aromatic carbocycles. The number of benzene rings is 2. The number of hydrogen-bond donors (Lipinski definition) is 2. The van der Waals surface area contributed by atoms with Gasteiger partial charge < -0.3 is 10.6 Å². The molecule has 0 fully saturated rings. The van der Waals surface area contributed by atoms with Crippen LogP contribution in [0.1, 0.15) is 27.3 Å². The van der Waals surface area contributed by atoms with Crippen molar-refractivity contribution in [2.24, 2.45) is 0 Å². The van der Waals surface area contributed by atoms with Crippen LogP contribution in [-0.2, 0) is 11.2 Å². The van der Waals surface area contributed by atoms with E-state index in [0.717, 1.165) is 17.0 Å². The first-order valence-corrected chi connectivity index (χ1v) is 10.2. The topological polar surface area (TPSA) is 76.0 Å². The van der Waals surface area contributed by atoms with Gasteiger partial charge in [0.1, 0.15) is 0 Å². The average molecular weight is 445 g/mol. The van der Waals surface area contributed by atoms with Crippen molar-refractivity contribution in [3.63, 3.8) is 0 Å². The van der Waals surface area contributed by atoms with E-state index < -0.39 is 0 Å².